The van der Waals surface area contributed by atoms with Crippen molar-refractivity contribution in [3.63, 3.8) is 0 Å². The number of aromatic amines is 1. The fraction of sp³-hybridized carbons (Fsp3) is 0.360. The second-order valence-electron chi connectivity index (χ2n) is 9.18. The van der Waals surface area contributed by atoms with Gasteiger partial charge in [0, 0.05) is 29.1 Å². The van der Waals surface area contributed by atoms with E-state index in [-0.39, 0.29) is 24.6 Å². The standard InChI is InChI=1S/C25H26F2N2O3/c1-14(2)32-24(31)17-12-29(23(30)15-9-10-18(26)19(27)11-15)13-25(3,4)21-16-7-5-6-8-20(16)28-22(17)21/h5-8,10-12,14-15,28H,9,13H2,1-4H3. The average Bonchev–Trinajstić information content (AvgIpc) is 3.06. The minimum absolute atomic E-state index is 0.0584. The van der Waals surface area contributed by atoms with E-state index in [0.29, 0.717) is 5.69 Å². The molecular formula is C25H26F2N2O3. The van der Waals surface area contributed by atoms with E-state index in [0.717, 1.165) is 28.6 Å². The van der Waals surface area contributed by atoms with E-state index in [1.54, 1.807) is 13.8 Å². The first kappa shape index (κ1) is 22.0. The fourth-order valence-corrected chi connectivity index (χ4v) is 4.43. The van der Waals surface area contributed by atoms with Crippen molar-refractivity contribution < 1.29 is 23.1 Å². The number of amides is 1. The summed E-state index contributed by atoms with van der Waals surface area (Å²) in [4.78, 5) is 31.2. The Bertz CT molecular complexity index is 1190. The van der Waals surface area contributed by atoms with Crippen LogP contribution in [0.2, 0.25) is 0 Å². The molecule has 0 fully saturated rings. The van der Waals surface area contributed by atoms with Crippen molar-refractivity contribution in [2.45, 2.75) is 45.6 Å². The molecule has 1 aliphatic heterocycles. The number of fused-ring (bicyclic) bond motifs is 3. The first-order chi connectivity index (χ1) is 15.1. The van der Waals surface area contributed by atoms with Crippen LogP contribution in [0, 0.1) is 5.92 Å². The van der Waals surface area contributed by atoms with Gasteiger partial charge in [0.1, 0.15) is 0 Å². The minimum atomic E-state index is -1.04. The Kier molecular flexibility index (Phi) is 5.53. The topological polar surface area (TPSA) is 62.4 Å². The number of allylic oxidation sites excluding steroid dienone is 3. The number of carbonyl (C=O) groups is 2. The van der Waals surface area contributed by atoms with Gasteiger partial charge in [-0.15, -0.1) is 0 Å². The fourth-order valence-electron chi connectivity index (χ4n) is 4.43. The average molecular weight is 440 g/mol. The maximum absolute atomic E-state index is 13.8. The van der Waals surface area contributed by atoms with E-state index in [4.69, 9.17) is 4.74 Å². The predicted octanol–water partition coefficient (Wildman–Crippen LogP) is 5.31. The molecule has 32 heavy (non-hydrogen) atoms. The molecule has 4 rings (SSSR count). The number of benzene rings is 1. The SMILES string of the molecule is CC(C)OC(=O)C1=CN(C(=O)C2C=C(F)C(F)=CC2)CC(C)(C)c2c1[nH]c1ccccc21. The van der Waals surface area contributed by atoms with E-state index in [1.807, 2.05) is 38.1 Å². The summed E-state index contributed by atoms with van der Waals surface area (Å²) in [6.45, 7) is 7.76. The van der Waals surface area contributed by atoms with Gasteiger partial charge in [0.2, 0.25) is 5.91 Å². The van der Waals surface area contributed by atoms with Crippen LogP contribution in [-0.4, -0.2) is 34.4 Å². The highest BCUT2D eigenvalue weighted by molar-refractivity contribution is 6.18. The number of hydrogen-bond acceptors (Lipinski definition) is 3. The highest BCUT2D eigenvalue weighted by Crippen LogP contribution is 2.41. The summed E-state index contributed by atoms with van der Waals surface area (Å²) < 4.78 is 32.7. The van der Waals surface area contributed by atoms with Gasteiger partial charge in [-0.3, -0.25) is 4.79 Å². The van der Waals surface area contributed by atoms with Gasteiger partial charge in [0.15, 0.2) is 11.7 Å². The van der Waals surface area contributed by atoms with Crippen molar-refractivity contribution in [3.8, 4) is 0 Å². The molecular weight excluding hydrogens is 414 g/mol. The van der Waals surface area contributed by atoms with Gasteiger partial charge in [0.25, 0.3) is 0 Å². The highest BCUT2D eigenvalue weighted by atomic mass is 19.2. The predicted molar refractivity (Wildman–Crippen MR) is 119 cm³/mol. The molecule has 0 radical (unpaired) electrons. The molecule has 0 saturated carbocycles. The molecule has 1 aromatic heterocycles. The van der Waals surface area contributed by atoms with Gasteiger partial charge < -0.3 is 14.6 Å². The lowest BCUT2D eigenvalue weighted by Crippen LogP contribution is -2.39. The number of halogens is 2. The summed E-state index contributed by atoms with van der Waals surface area (Å²) in [7, 11) is 0. The molecule has 0 spiro atoms. The van der Waals surface area contributed by atoms with Crippen molar-refractivity contribution in [1.82, 2.24) is 9.88 Å². The highest BCUT2D eigenvalue weighted by Gasteiger charge is 2.38. The third kappa shape index (κ3) is 3.87. The number of nitrogens with one attached hydrogen (secondary N) is 1. The zero-order valence-electron chi connectivity index (χ0n) is 18.5. The molecule has 1 N–H and O–H groups in total. The van der Waals surface area contributed by atoms with E-state index in [2.05, 4.69) is 4.98 Å². The summed E-state index contributed by atoms with van der Waals surface area (Å²) in [6, 6.07) is 7.74. The van der Waals surface area contributed by atoms with Crippen LogP contribution >= 0.6 is 0 Å². The van der Waals surface area contributed by atoms with Crippen LogP contribution in [-0.2, 0) is 19.7 Å². The molecule has 1 unspecified atom stereocenters. The second-order valence-corrected chi connectivity index (χ2v) is 9.18. The van der Waals surface area contributed by atoms with Gasteiger partial charge >= 0.3 is 5.97 Å². The third-order valence-corrected chi connectivity index (χ3v) is 5.79. The molecule has 7 heteroatoms. The Morgan fingerprint density at radius 3 is 2.59 bits per heavy atom. The molecule has 168 valence electrons. The Labute approximate surface area is 185 Å². The maximum atomic E-state index is 13.8. The quantitative estimate of drug-likeness (QED) is 0.659. The zero-order chi connectivity index (χ0) is 23.2. The third-order valence-electron chi connectivity index (χ3n) is 5.79. The van der Waals surface area contributed by atoms with Crippen LogP contribution in [0.25, 0.3) is 16.5 Å². The molecule has 1 aromatic carbocycles. The maximum Gasteiger partial charge on any atom is 0.342 e. The van der Waals surface area contributed by atoms with Crippen LogP contribution < -0.4 is 0 Å². The number of H-pyrrole nitrogens is 1. The second kappa shape index (κ2) is 8.04. The summed E-state index contributed by atoms with van der Waals surface area (Å²) in [6.07, 6.45) is 3.28. The smallest absolute Gasteiger partial charge is 0.342 e. The van der Waals surface area contributed by atoms with E-state index in [9.17, 15) is 18.4 Å². The summed E-state index contributed by atoms with van der Waals surface area (Å²) >= 11 is 0. The van der Waals surface area contributed by atoms with E-state index < -0.39 is 34.9 Å². The Hall–Kier alpha value is -3.22. The van der Waals surface area contributed by atoms with Gasteiger partial charge in [-0.1, -0.05) is 32.0 Å². The molecule has 2 heterocycles. The number of ether oxygens (including phenoxy) is 1. The monoisotopic (exact) mass is 440 g/mol. The summed E-state index contributed by atoms with van der Waals surface area (Å²) in [5.74, 6) is -3.80. The molecule has 2 aliphatic rings. The van der Waals surface area contributed by atoms with Gasteiger partial charge in [-0.05, 0) is 44.1 Å². The van der Waals surface area contributed by atoms with Crippen LogP contribution in [0.1, 0.15) is 45.4 Å². The lowest BCUT2D eigenvalue weighted by Gasteiger charge is -2.31. The Balaban J connectivity index is 1.84. The Morgan fingerprint density at radius 2 is 1.91 bits per heavy atom. The lowest BCUT2D eigenvalue weighted by atomic mass is 9.81. The van der Waals surface area contributed by atoms with Crippen molar-refractivity contribution in [1.29, 1.82) is 0 Å². The number of aromatic nitrogens is 1. The van der Waals surface area contributed by atoms with Gasteiger partial charge in [0.05, 0.1) is 23.3 Å². The zero-order valence-corrected chi connectivity index (χ0v) is 18.5. The Morgan fingerprint density at radius 1 is 1.19 bits per heavy atom. The minimum Gasteiger partial charge on any atom is -0.459 e. The van der Waals surface area contributed by atoms with Gasteiger partial charge in [-0.2, -0.15) is 0 Å². The molecule has 1 amide bonds. The first-order valence-corrected chi connectivity index (χ1v) is 10.7. The number of nitrogens with zero attached hydrogens (tertiary/aromatic N) is 1. The van der Waals surface area contributed by atoms with Crippen molar-refractivity contribution in [2.24, 2.45) is 5.92 Å². The van der Waals surface area contributed by atoms with E-state index >= 15 is 0 Å². The number of esters is 1. The molecule has 0 bridgehead atoms. The summed E-state index contributed by atoms with van der Waals surface area (Å²) in [5.41, 5.74) is 2.08. The van der Waals surface area contributed by atoms with Crippen molar-refractivity contribution >= 4 is 28.4 Å². The van der Waals surface area contributed by atoms with Gasteiger partial charge in [-0.25, -0.2) is 13.6 Å². The first-order valence-electron chi connectivity index (χ1n) is 10.7. The largest absolute Gasteiger partial charge is 0.459 e. The number of carbonyl (C=O) groups excluding carboxylic acids is 2. The number of hydrogen-bond donors (Lipinski definition) is 1. The van der Waals surface area contributed by atoms with Crippen LogP contribution in [0.15, 0.2) is 54.3 Å². The molecule has 1 atom stereocenters. The molecule has 1 aliphatic carbocycles. The van der Waals surface area contributed by atoms with Crippen molar-refractivity contribution in [2.75, 3.05) is 6.54 Å². The number of rotatable bonds is 3. The van der Waals surface area contributed by atoms with Crippen LogP contribution in [0.4, 0.5) is 8.78 Å². The lowest BCUT2D eigenvalue weighted by molar-refractivity contribution is -0.140. The summed E-state index contributed by atoms with van der Waals surface area (Å²) in [5, 5.41) is 0.957. The van der Waals surface area contributed by atoms with Crippen molar-refractivity contribution in [3.05, 3.63) is 65.5 Å². The van der Waals surface area contributed by atoms with E-state index in [1.165, 1.54) is 11.1 Å². The molecule has 0 saturated heterocycles. The number of para-hydroxylation sites is 1. The molecule has 5 nitrogen and oxygen atoms in total. The van der Waals surface area contributed by atoms with Crippen LogP contribution in [0.5, 0.6) is 0 Å². The molecule has 2 aromatic rings. The van der Waals surface area contributed by atoms with Crippen LogP contribution in [0.3, 0.4) is 0 Å². The normalized spacial score (nSPS) is 20.3.